The number of phenolic OH excluding ortho intramolecular Hbond substituents is 1. The van der Waals surface area contributed by atoms with Crippen LogP contribution in [0.3, 0.4) is 0 Å². The number of rotatable bonds is 29. The summed E-state index contributed by atoms with van der Waals surface area (Å²) in [6.45, 7) is 3.22. The van der Waals surface area contributed by atoms with E-state index in [0.29, 0.717) is 37.1 Å². The van der Waals surface area contributed by atoms with Crippen molar-refractivity contribution in [3.05, 3.63) is 133 Å². The zero-order valence-corrected chi connectivity index (χ0v) is 34.6. The topological polar surface area (TPSA) is 149 Å². The molecule has 0 heterocycles. The number of hydrogen-bond donors (Lipinski definition) is 3. The zero-order valence-electron chi connectivity index (χ0n) is 34.6. The summed E-state index contributed by atoms with van der Waals surface area (Å²) in [5.41, 5.74) is 1.23. The Balaban J connectivity index is 1.53. The number of aromatic hydroxyl groups is 1. The number of amides is 2. The van der Waals surface area contributed by atoms with Gasteiger partial charge in [0.2, 0.25) is 5.91 Å². The highest BCUT2D eigenvalue weighted by molar-refractivity contribution is 6.10. The molecule has 0 fully saturated rings. The van der Waals surface area contributed by atoms with Crippen LogP contribution in [0.2, 0.25) is 0 Å². The predicted molar refractivity (Wildman–Crippen MR) is 236 cm³/mol. The van der Waals surface area contributed by atoms with Crippen LogP contribution in [0.4, 0.5) is 4.79 Å². The average Bonchev–Trinajstić information content (AvgIpc) is 3.23. The number of ketones is 2. The molecule has 0 aliphatic carbocycles. The first-order chi connectivity index (χ1) is 28.7. The average molecular weight is 809 g/mol. The summed E-state index contributed by atoms with van der Waals surface area (Å²) in [5.74, 6) is -0.141. The second kappa shape index (κ2) is 31.8. The first kappa shape index (κ1) is 48.9. The Kier molecular flexibility index (Phi) is 26.4. The number of ether oxygens (including phenoxy) is 4. The summed E-state index contributed by atoms with van der Waals surface area (Å²) in [6, 6.07) is 9.40. The standard InChI is InChI=1S/C48H60N2O9/c1-4-5-6-7-8-9-10-11-12-13-14-15-16-17-18-19-20-21-22-23-47(54)49-32-34-58-35-33-50-48(55)59-44-31-27-40(37-46(44)57-3)25-29-42(52)38-41(51)28-24-39-26-30-43(53)45(36-39)56-2/h5-6,8-9,11-12,14-15,17-18,20-21,24-31,36-37,53H,4,7,10,13,16,19,22-23,32-35,38H2,1-3H3,(H,49,54)(H,50,55). The van der Waals surface area contributed by atoms with E-state index in [2.05, 4.69) is 84.4 Å². The molecular weight excluding hydrogens is 749 g/mol. The molecule has 2 rings (SSSR count). The van der Waals surface area contributed by atoms with E-state index in [1.54, 1.807) is 24.3 Å². The molecule has 0 saturated heterocycles. The van der Waals surface area contributed by atoms with Crippen LogP contribution in [0.25, 0.3) is 12.2 Å². The van der Waals surface area contributed by atoms with Gasteiger partial charge < -0.3 is 34.7 Å². The lowest BCUT2D eigenvalue weighted by Crippen LogP contribution is -2.31. The van der Waals surface area contributed by atoms with Gasteiger partial charge in [-0.05, 0) is 92.5 Å². The molecule has 2 amide bonds. The van der Waals surface area contributed by atoms with Crippen molar-refractivity contribution in [3.8, 4) is 23.0 Å². The summed E-state index contributed by atoms with van der Waals surface area (Å²) in [7, 11) is 2.85. The Bertz CT molecular complexity index is 1830. The minimum atomic E-state index is -0.703. The van der Waals surface area contributed by atoms with E-state index in [9.17, 15) is 24.3 Å². The Morgan fingerprint density at radius 3 is 1.64 bits per heavy atom. The van der Waals surface area contributed by atoms with Gasteiger partial charge in [-0.3, -0.25) is 14.4 Å². The largest absolute Gasteiger partial charge is 0.504 e. The third-order valence-corrected chi connectivity index (χ3v) is 8.08. The second-order valence-corrected chi connectivity index (χ2v) is 12.9. The Morgan fingerprint density at radius 2 is 1.10 bits per heavy atom. The van der Waals surface area contributed by atoms with Crippen LogP contribution in [0, 0.1) is 0 Å². The first-order valence-corrected chi connectivity index (χ1v) is 19.9. The molecule has 3 N–H and O–H groups in total. The van der Waals surface area contributed by atoms with Gasteiger partial charge in [0, 0.05) is 19.5 Å². The minimum Gasteiger partial charge on any atom is -0.504 e. The third-order valence-electron chi connectivity index (χ3n) is 8.08. The first-order valence-electron chi connectivity index (χ1n) is 19.9. The van der Waals surface area contributed by atoms with Crippen LogP contribution in [0.5, 0.6) is 23.0 Å². The van der Waals surface area contributed by atoms with Gasteiger partial charge in [-0.15, -0.1) is 0 Å². The maximum absolute atomic E-state index is 12.4. The number of carbonyl (C=O) groups is 4. The number of methoxy groups -OCH3 is 2. The van der Waals surface area contributed by atoms with Crippen molar-refractivity contribution in [1.29, 1.82) is 0 Å². The number of benzene rings is 2. The van der Waals surface area contributed by atoms with Gasteiger partial charge in [-0.2, -0.15) is 0 Å². The summed E-state index contributed by atoms with van der Waals surface area (Å²) < 4.78 is 21.2. The molecule has 0 atom stereocenters. The van der Waals surface area contributed by atoms with Crippen molar-refractivity contribution in [2.75, 3.05) is 40.5 Å². The number of carbonyl (C=O) groups excluding carboxylic acids is 4. The van der Waals surface area contributed by atoms with E-state index in [1.807, 2.05) is 6.08 Å². The molecule has 0 spiro atoms. The number of allylic oxidation sites excluding steroid dienone is 14. The normalized spacial score (nSPS) is 12.1. The van der Waals surface area contributed by atoms with Gasteiger partial charge in [0.25, 0.3) is 0 Å². The van der Waals surface area contributed by atoms with Gasteiger partial charge in [0.15, 0.2) is 34.6 Å². The third kappa shape index (κ3) is 24.2. The summed E-state index contributed by atoms with van der Waals surface area (Å²) in [6.07, 6.45) is 37.2. The minimum absolute atomic E-state index is 0.0168. The predicted octanol–water partition coefficient (Wildman–Crippen LogP) is 9.36. The van der Waals surface area contributed by atoms with Gasteiger partial charge in [-0.1, -0.05) is 104 Å². The molecule has 0 unspecified atom stereocenters. The van der Waals surface area contributed by atoms with Gasteiger partial charge in [-0.25, -0.2) is 4.79 Å². The molecule has 0 radical (unpaired) electrons. The van der Waals surface area contributed by atoms with Crippen LogP contribution in [0.1, 0.15) is 75.8 Å². The molecule has 0 aliphatic heterocycles. The van der Waals surface area contributed by atoms with E-state index in [1.165, 1.54) is 50.7 Å². The number of hydrogen-bond acceptors (Lipinski definition) is 9. The smallest absolute Gasteiger partial charge is 0.412 e. The summed E-state index contributed by atoms with van der Waals surface area (Å²) in [4.78, 5) is 49.0. The fraction of sp³-hybridized carbons (Fsp3) is 0.333. The Hall–Kier alpha value is -6.20. The monoisotopic (exact) mass is 808 g/mol. The lowest BCUT2D eigenvalue weighted by molar-refractivity contribution is -0.122. The van der Waals surface area contributed by atoms with Crippen molar-refractivity contribution in [2.45, 2.75) is 64.7 Å². The highest BCUT2D eigenvalue weighted by Gasteiger charge is 2.11. The van der Waals surface area contributed by atoms with Crippen molar-refractivity contribution >= 4 is 35.7 Å². The van der Waals surface area contributed by atoms with Gasteiger partial charge in [0.1, 0.15) is 0 Å². The van der Waals surface area contributed by atoms with Crippen molar-refractivity contribution in [3.63, 3.8) is 0 Å². The van der Waals surface area contributed by atoms with Gasteiger partial charge in [0.05, 0.1) is 33.9 Å². The maximum Gasteiger partial charge on any atom is 0.412 e. The maximum atomic E-state index is 12.4. The molecule has 0 aromatic heterocycles. The molecule has 2 aromatic carbocycles. The van der Waals surface area contributed by atoms with E-state index >= 15 is 0 Å². The molecule has 0 bridgehead atoms. The molecule has 316 valence electrons. The number of phenols is 1. The lowest BCUT2D eigenvalue weighted by atomic mass is 10.1. The molecule has 11 nitrogen and oxygen atoms in total. The molecular formula is C48H60N2O9. The number of nitrogens with one attached hydrogen (secondary N) is 2. The Labute approximate surface area is 349 Å². The van der Waals surface area contributed by atoms with E-state index < -0.39 is 11.9 Å². The quantitative estimate of drug-likeness (QED) is 0.0316. The van der Waals surface area contributed by atoms with Crippen LogP contribution in [-0.2, 0) is 19.1 Å². The van der Waals surface area contributed by atoms with Crippen LogP contribution in [0.15, 0.2) is 121 Å². The lowest BCUT2D eigenvalue weighted by Gasteiger charge is -2.11. The van der Waals surface area contributed by atoms with Crippen molar-refractivity contribution < 1.29 is 43.2 Å². The molecule has 0 aliphatic rings. The van der Waals surface area contributed by atoms with Crippen LogP contribution < -0.4 is 24.8 Å². The second-order valence-electron chi connectivity index (χ2n) is 12.9. The van der Waals surface area contributed by atoms with Crippen LogP contribution in [-0.4, -0.2) is 69.2 Å². The summed E-state index contributed by atoms with van der Waals surface area (Å²) in [5, 5.41) is 15.1. The molecule has 11 heteroatoms. The summed E-state index contributed by atoms with van der Waals surface area (Å²) >= 11 is 0. The highest BCUT2D eigenvalue weighted by atomic mass is 16.6. The van der Waals surface area contributed by atoms with E-state index in [-0.39, 0.29) is 54.3 Å². The molecule has 2 aromatic rings. The Morgan fingerprint density at radius 1 is 0.610 bits per heavy atom. The fourth-order valence-electron chi connectivity index (χ4n) is 5.01. The fourth-order valence-corrected chi connectivity index (χ4v) is 5.01. The SMILES string of the molecule is CCC=CCC=CCC=CCC=CCC=CCC=CCCC(=O)NCCOCCNC(=O)Oc1ccc(C=CC(=O)CC(=O)C=Cc2ccc(O)c(OC)c2)cc1OC. The molecule has 59 heavy (non-hydrogen) atoms. The highest BCUT2D eigenvalue weighted by Crippen LogP contribution is 2.29. The van der Waals surface area contributed by atoms with E-state index in [4.69, 9.17) is 18.9 Å². The van der Waals surface area contributed by atoms with Gasteiger partial charge >= 0.3 is 6.09 Å². The van der Waals surface area contributed by atoms with E-state index in [0.717, 1.165) is 38.5 Å². The molecule has 0 saturated carbocycles. The van der Waals surface area contributed by atoms with Crippen molar-refractivity contribution in [1.82, 2.24) is 10.6 Å². The van der Waals surface area contributed by atoms with Crippen LogP contribution >= 0.6 is 0 Å². The van der Waals surface area contributed by atoms with Crippen molar-refractivity contribution in [2.24, 2.45) is 0 Å². The zero-order chi connectivity index (χ0) is 42.8.